The fourth-order valence-electron chi connectivity index (χ4n) is 6.71. The highest BCUT2D eigenvalue weighted by atomic mass is 79.9. The van der Waals surface area contributed by atoms with Crippen LogP contribution in [-0.4, -0.2) is 40.4 Å². The van der Waals surface area contributed by atoms with Gasteiger partial charge in [-0.1, -0.05) is 15.9 Å². The molecule has 0 aliphatic heterocycles. The van der Waals surface area contributed by atoms with E-state index in [0.29, 0.717) is 29.5 Å². The molecule has 4 bridgehead atoms. The summed E-state index contributed by atoms with van der Waals surface area (Å²) in [5.41, 5.74) is 1.23. The predicted octanol–water partition coefficient (Wildman–Crippen LogP) is 4.84. The summed E-state index contributed by atoms with van der Waals surface area (Å²) in [6.07, 6.45) is 7.30. The van der Waals surface area contributed by atoms with Gasteiger partial charge >= 0.3 is 17.9 Å². The van der Waals surface area contributed by atoms with Crippen LogP contribution in [0.3, 0.4) is 0 Å². The van der Waals surface area contributed by atoms with E-state index in [9.17, 15) is 14.4 Å². The van der Waals surface area contributed by atoms with Crippen molar-refractivity contribution in [2.75, 3.05) is 13.2 Å². The Kier molecular flexibility index (Phi) is 6.45. The maximum Gasteiger partial charge on any atom is 0.355 e. The van der Waals surface area contributed by atoms with Crippen molar-refractivity contribution in [1.29, 1.82) is 0 Å². The molecule has 1 heterocycles. The maximum atomic E-state index is 12.9. The Balaban J connectivity index is 1.47. The summed E-state index contributed by atoms with van der Waals surface area (Å²) in [5, 5.41) is 0. The normalized spacial score (nSPS) is 30.2. The molecule has 4 aliphatic carbocycles. The van der Waals surface area contributed by atoms with Gasteiger partial charge in [-0.2, -0.15) is 0 Å². The number of halogens is 1. The van der Waals surface area contributed by atoms with Gasteiger partial charge in [0.05, 0.1) is 30.9 Å². The molecule has 0 radical (unpaired) electrons. The summed E-state index contributed by atoms with van der Waals surface area (Å²) < 4.78 is 16.0. The van der Waals surface area contributed by atoms with E-state index in [-0.39, 0.29) is 46.8 Å². The third-order valence-corrected chi connectivity index (χ3v) is 8.22. The number of alkyl halides is 1. The molecule has 2 atom stereocenters. The second kappa shape index (κ2) is 8.84. The number of carbonyl (C=O) groups excluding carboxylic acids is 3. The second-order valence-corrected chi connectivity index (χ2v) is 11.6. The minimum absolute atomic E-state index is 0.0103. The molecule has 176 valence electrons. The van der Waals surface area contributed by atoms with E-state index < -0.39 is 11.9 Å². The van der Waals surface area contributed by atoms with Crippen molar-refractivity contribution in [2.24, 2.45) is 17.3 Å². The van der Waals surface area contributed by atoms with Crippen LogP contribution >= 0.6 is 15.9 Å². The lowest BCUT2D eigenvalue weighted by molar-refractivity contribution is -0.152. The van der Waals surface area contributed by atoms with Crippen molar-refractivity contribution in [3.63, 3.8) is 0 Å². The van der Waals surface area contributed by atoms with Crippen molar-refractivity contribution in [3.8, 4) is 0 Å². The number of hydrogen-bond donors (Lipinski definition) is 1. The van der Waals surface area contributed by atoms with Gasteiger partial charge in [0.1, 0.15) is 12.3 Å². The predicted molar refractivity (Wildman–Crippen MR) is 121 cm³/mol. The molecule has 1 N–H and O–H groups in total. The molecular weight excluding hydrogens is 478 g/mol. The Morgan fingerprint density at radius 2 is 1.62 bits per heavy atom. The van der Waals surface area contributed by atoms with E-state index in [0.717, 1.165) is 19.3 Å². The SMILES string of the molecule is CCOC(=O)c1[nH]c(COC(=O)CC23C[C@H]4C[C@@H](CC(Br)(C4)C2)C3)c(C(=O)OCC)c1C. The Labute approximate surface area is 197 Å². The molecular formula is C24H32BrNO6. The van der Waals surface area contributed by atoms with Crippen LogP contribution in [-0.2, 0) is 25.6 Å². The first kappa shape index (κ1) is 23.3. The highest BCUT2D eigenvalue weighted by Gasteiger charge is 2.57. The average molecular weight is 510 g/mol. The molecule has 4 saturated carbocycles. The average Bonchev–Trinajstić information content (AvgIpc) is 3.01. The number of aromatic amines is 1. The summed E-state index contributed by atoms with van der Waals surface area (Å²) in [4.78, 5) is 40.6. The summed E-state index contributed by atoms with van der Waals surface area (Å²) in [6, 6.07) is 0. The van der Waals surface area contributed by atoms with E-state index in [1.807, 2.05) is 0 Å². The number of hydrogen-bond acceptors (Lipinski definition) is 6. The Hall–Kier alpha value is -1.83. The Morgan fingerprint density at radius 3 is 2.22 bits per heavy atom. The smallest absolute Gasteiger partial charge is 0.355 e. The van der Waals surface area contributed by atoms with Crippen LogP contribution < -0.4 is 0 Å². The van der Waals surface area contributed by atoms with Crippen molar-refractivity contribution in [1.82, 2.24) is 4.98 Å². The van der Waals surface area contributed by atoms with Crippen molar-refractivity contribution < 1.29 is 28.6 Å². The number of esters is 3. The van der Waals surface area contributed by atoms with Gasteiger partial charge < -0.3 is 19.2 Å². The summed E-state index contributed by atoms with van der Waals surface area (Å²) in [6.45, 7) is 5.40. The first-order valence-electron chi connectivity index (χ1n) is 11.6. The lowest BCUT2D eigenvalue weighted by atomic mass is 9.49. The van der Waals surface area contributed by atoms with Gasteiger partial charge in [-0.05, 0) is 82.1 Å². The topological polar surface area (TPSA) is 94.7 Å². The summed E-state index contributed by atoms with van der Waals surface area (Å²) >= 11 is 3.98. The lowest BCUT2D eigenvalue weighted by Crippen LogP contribution is -2.53. The van der Waals surface area contributed by atoms with Crippen LogP contribution in [0.4, 0.5) is 0 Å². The second-order valence-electron chi connectivity index (χ2n) is 9.87. The molecule has 1 aromatic rings. The number of aromatic nitrogens is 1. The van der Waals surface area contributed by atoms with Crippen LogP contribution in [0.25, 0.3) is 0 Å². The van der Waals surface area contributed by atoms with Gasteiger partial charge in [-0.3, -0.25) is 4.79 Å². The monoisotopic (exact) mass is 509 g/mol. The number of ether oxygens (including phenoxy) is 3. The van der Waals surface area contributed by atoms with Crippen LogP contribution in [0.5, 0.6) is 0 Å². The highest BCUT2D eigenvalue weighted by Crippen LogP contribution is 2.65. The quantitative estimate of drug-likeness (QED) is 0.306. The number of nitrogens with one attached hydrogen (secondary N) is 1. The van der Waals surface area contributed by atoms with Crippen molar-refractivity contribution in [3.05, 3.63) is 22.5 Å². The molecule has 0 saturated heterocycles. The zero-order valence-corrected chi connectivity index (χ0v) is 20.6. The van der Waals surface area contributed by atoms with Crippen LogP contribution in [0.15, 0.2) is 0 Å². The van der Waals surface area contributed by atoms with E-state index in [4.69, 9.17) is 14.2 Å². The highest BCUT2D eigenvalue weighted by molar-refractivity contribution is 9.10. The minimum atomic E-state index is -0.552. The maximum absolute atomic E-state index is 12.9. The van der Waals surface area contributed by atoms with Crippen molar-refractivity contribution >= 4 is 33.8 Å². The first-order valence-corrected chi connectivity index (χ1v) is 12.4. The standard InChI is InChI=1S/C24H32BrNO6/c1-4-30-21(28)19-14(3)20(22(29)31-5-2)26-17(19)12-32-18(27)11-23-7-15-6-16(8-23)10-24(25,9-15)13-23/h15-16,26H,4-13H2,1-3H3/t15-,16-,23?,24?/m1/s1. The molecule has 4 fully saturated rings. The number of H-pyrrole nitrogens is 1. The molecule has 0 unspecified atom stereocenters. The molecule has 7 nitrogen and oxygen atoms in total. The first-order chi connectivity index (χ1) is 15.2. The molecule has 0 spiro atoms. The van der Waals surface area contributed by atoms with Crippen LogP contribution in [0.1, 0.15) is 90.9 Å². The van der Waals surface area contributed by atoms with Crippen molar-refractivity contribution in [2.45, 2.75) is 76.6 Å². The Morgan fingerprint density at radius 1 is 1.00 bits per heavy atom. The minimum Gasteiger partial charge on any atom is -0.462 e. The Bertz CT molecular complexity index is 908. The summed E-state index contributed by atoms with van der Waals surface area (Å²) in [7, 11) is 0. The number of rotatable bonds is 8. The van der Waals surface area contributed by atoms with Gasteiger partial charge in [-0.25, -0.2) is 9.59 Å². The lowest BCUT2D eigenvalue weighted by Gasteiger charge is -2.60. The molecule has 0 amide bonds. The third kappa shape index (κ3) is 4.47. The zero-order valence-electron chi connectivity index (χ0n) is 19.1. The van der Waals surface area contributed by atoms with E-state index in [1.54, 1.807) is 20.8 Å². The van der Waals surface area contributed by atoms with Gasteiger partial charge in [0, 0.05) is 4.32 Å². The number of carbonyl (C=O) groups is 3. The summed E-state index contributed by atoms with van der Waals surface area (Å²) in [5.74, 6) is 0.0198. The van der Waals surface area contributed by atoms with E-state index in [1.165, 1.54) is 19.3 Å². The molecule has 0 aromatic carbocycles. The molecule has 32 heavy (non-hydrogen) atoms. The molecule has 1 aromatic heterocycles. The third-order valence-electron chi connectivity index (χ3n) is 7.29. The van der Waals surface area contributed by atoms with Gasteiger partial charge in [0.15, 0.2) is 0 Å². The van der Waals surface area contributed by atoms with Gasteiger partial charge in [-0.15, -0.1) is 0 Å². The van der Waals surface area contributed by atoms with Crippen LogP contribution in [0.2, 0.25) is 0 Å². The largest absolute Gasteiger partial charge is 0.462 e. The zero-order chi connectivity index (χ0) is 23.1. The molecule has 5 rings (SSSR count). The van der Waals surface area contributed by atoms with E-state index >= 15 is 0 Å². The van der Waals surface area contributed by atoms with Gasteiger partial charge in [0.25, 0.3) is 0 Å². The molecule has 4 aliphatic rings. The fraction of sp³-hybridized carbons (Fsp3) is 0.708. The van der Waals surface area contributed by atoms with Crippen LogP contribution in [0, 0.1) is 24.2 Å². The van der Waals surface area contributed by atoms with E-state index in [2.05, 4.69) is 20.9 Å². The van der Waals surface area contributed by atoms with Gasteiger partial charge in [0.2, 0.25) is 0 Å². The fourth-order valence-corrected chi connectivity index (χ4v) is 8.22. The molecule has 8 heteroatoms.